The third-order valence-corrected chi connectivity index (χ3v) is 9.26. The van der Waals surface area contributed by atoms with E-state index in [4.69, 9.17) is 5.73 Å². The molecule has 0 saturated carbocycles. The average molecular weight is 663 g/mol. The van der Waals surface area contributed by atoms with E-state index in [0.29, 0.717) is 37.1 Å². The van der Waals surface area contributed by atoms with Gasteiger partial charge >= 0.3 is 0 Å². The highest BCUT2D eigenvalue weighted by molar-refractivity contribution is 7.13. The lowest BCUT2D eigenvalue weighted by Crippen LogP contribution is -2.57. The molecule has 2 aromatic carbocycles. The van der Waals surface area contributed by atoms with Crippen LogP contribution in [0.5, 0.6) is 0 Å². The van der Waals surface area contributed by atoms with Gasteiger partial charge in [0.05, 0.1) is 27.7 Å². The van der Waals surface area contributed by atoms with Crippen LogP contribution in [0.1, 0.15) is 74.5 Å². The standard InChI is InChI=1S/C35H46N6O5S/c1-22-30(47-21-39-22)24-15-13-23(14-16-24)19-38-33(45)28-18-25(42)20-41(28)34(46)31(35(2,3)4)40-29(43)12-6-5-9-17-37-32(44)26-10-7-8-11-27(26)36/h7-8,10-11,13-16,21,25,28,31,42H,5-6,9,12,17-20,36H2,1-4H3,(H,37,44)(H,38,45)(H,40,43)/t25-,28+,31-/m1/s1. The second kappa shape index (κ2) is 16.0. The molecule has 0 bridgehead atoms. The Balaban J connectivity index is 1.26. The largest absolute Gasteiger partial charge is 0.398 e. The molecule has 252 valence electrons. The Morgan fingerprint density at radius 1 is 1.04 bits per heavy atom. The van der Waals surface area contributed by atoms with Crippen molar-refractivity contribution in [2.45, 2.75) is 84.5 Å². The summed E-state index contributed by atoms with van der Waals surface area (Å²) < 4.78 is 0. The number of nitrogens with one attached hydrogen (secondary N) is 3. The van der Waals surface area contributed by atoms with Crippen LogP contribution in [0.2, 0.25) is 0 Å². The van der Waals surface area contributed by atoms with Crippen LogP contribution in [-0.4, -0.2) is 69.9 Å². The van der Waals surface area contributed by atoms with Gasteiger partial charge in [0, 0.05) is 38.2 Å². The van der Waals surface area contributed by atoms with E-state index in [9.17, 15) is 24.3 Å². The minimum atomic E-state index is -0.881. The monoisotopic (exact) mass is 662 g/mol. The summed E-state index contributed by atoms with van der Waals surface area (Å²) in [6.07, 6.45) is 1.48. The summed E-state index contributed by atoms with van der Waals surface area (Å²) in [6.45, 7) is 8.29. The molecule has 3 atom stereocenters. The van der Waals surface area contributed by atoms with Crippen LogP contribution in [0, 0.1) is 12.3 Å². The molecule has 1 aliphatic heterocycles. The number of unbranched alkanes of at least 4 members (excludes halogenated alkanes) is 2. The SMILES string of the molecule is Cc1ncsc1-c1ccc(CNC(=O)[C@@H]2C[C@@H](O)CN2C(=O)[C@@H](NC(=O)CCCCCNC(=O)c2ccccc2N)C(C)(C)C)cc1. The maximum absolute atomic E-state index is 13.8. The first-order valence-electron chi connectivity index (χ1n) is 16.0. The summed E-state index contributed by atoms with van der Waals surface area (Å²) >= 11 is 1.58. The Bertz CT molecular complexity index is 1550. The van der Waals surface area contributed by atoms with Crippen molar-refractivity contribution in [3.05, 3.63) is 70.9 Å². The van der Waals surface area contributed by atoms with Crippen LogP contribution in [-0.2, 0) is 20.9 Å². The van der Waals surface area contributed by atoms with E-state index < -0.39 is 29.5 Å². The van der Waals surface area contributed by atoms with Crippen molar-refractivity contribution in [1.29, 1.82) is 0 Å². The van der Waals surface area contributed by atoms with Crippen LogP contribution < -0.4 is 21.7 Å². The zero-order valence-electron chi connectivity index (χ0n) is 27.5. The van der Waals surface area contributed by atoms with Crippen LogP contribution in [0.4, 0.5) is 5.69 Å². The van der Waals surface area contributed by atoms with E-state index in [0.717, 1.165) is 21.7 Å². The fraction of sp³-hybridized carbons (Fsp3) is 0.457. The van der Waals surface area contributed by atoms with Crippen molar-refractivity contribution in [2.24, 2.45) is 5.41 Å². The van der Waals surface area contributed by atoms with Crippen molar-refractivity contribution in [1.82, 2.24) is 25.8 Å². The minimum Gasteiger partial charge on any atom is -0.398 e. The molecule has 1 saturated heterocycles. The Kier molecular flexibility index (Phi) is 12.1. The number of hydrogen-bond donors (Lipinski definition) is 5. The highest BCUT2D eigenvalue weighted by Crippen LogP contribution is 2.28. The number of rotatable bonds is 13. The van der Waals surface area contributed by atoms with Crippen molar-refractivity contribution in [2.75, 3.05) is 18.8 Å². The molecule has 1 aliphatic rings. The molecular weight excluding hydrogens is 616 g/mol. The lowest BCUT2D eigenvalue weighted by atomic mass is 9.85. The lowest BCUT2D eigenvalue weighted by molar-refractivity contribution is -0.144. The molecule has 0 aliphatic carbocycles. The zero-order chi connectivity index (χ0) is 34.1. The van der Waals surface area contributed by atoms with Crippen molar-refractivity contribution >= 4 is 40.7 Å². The van der Waals surface area contributed by atoms with Crippen LogP contribution in [0.25, 0.3) is 10.4 Å². The number of hydrogen-bond acceptors (Lipinski definition) is 8. The first kappa shape index (κ1) is 35.6. The first-order valence-corrected chi connectivity index (χ1v) is 16.9. The number of carbonyl (C=O) groups excluding carboxylic acids is 4. The van der Waals surface area contributed by atoms with Gasteiger partial charge in [0.1, 0.15) is 12.1 Å². The number of carbonyl (C=O) groups is 4. The predicted molar refractivity (Wildman–Crippen MR) is 183 cm³/mol. The Morgan fingerprint density at radius 3 is 2.43 bits per heavy atom. The maximum Gasteiger partial charge on any atom is 0.253 e. The number of nitrogen functional groups attached to an aromatic ring is 1. The van der Waals surface area contributed by atoms with Gasteiger partial charge in [-0.25, -0.2) is 4.98 Å². The normalized spacial score (nSPS) is 16.8. The molecule has 0 unspecified atom stereocenters. The van der Waals surface area contributed by atoms with Gasteiger partial charge in [0.2, 0.25) is 17.7 Å². The molecule has 0 radical (unpaired) electrons. The van der Waals surface area contributed by atoms with E-state index in [1.807, 2.05) is 57.5 Å². The molecule has 11 nitrogen and oxygen atoms in total. The number of benzene rings is 2. The second-order valence-electron chi connectivity index (χ2n) is 13.1. The smallest absolute Gasteiger partial charge is 0.253 e. The van der Waals surface area contributed by atoms with Crippen molar-refractivity contribution in [3.63, 3.8) is 0 Å². The number of para-hydroxylation sites is 1. The van der Waals surface area contributed by atoms with E-state index in [1.165, 1.54) is 4.90 Å². The minimum absolute atomic E-state index is 0.0165. The lowest BCUT2D eigenvalue weighted by Gasteiger charge is -2.35. The molecule has 1 fully saturated rings. The van der Waals surface area contributed by atoms with E-state index in [1.54, 1.807) is 35.6 Å². The summed E-state index contributed by atoms with van der Waals surface area (Å²) in [5.41, 5.74) is 10.8. The number of likely N-dealkylation sites (tertiary alicyclic amines) is 1. The number of amides is 4. The highest BCUT2D eigenvalue weighted by Gasteiger charge is 2.44. The molecule has 2 heterocycles. The van der Waals surface area contributed by atoms with Gasteiger partial charge in [-0.05, 0) is 48.4 Å². The third-order valence-electron chi connectivity index (χ3n) is 8.28. The second-order valence-corrected chi connectivity index (χ2v) is 14.0. The molecular formula is C35H46N6O5S. The highest BCUT2D eigenvalue weighted by atomic mass is 32.1. The number of aryl methyl sites for hydroxylation is 1. The van der Waals surface area contributed by atoms with Gasteiger partial charge in [-0.1, -0.05) is 63.6 Å². The third kappa shape index (κ3) is 9.61. The summed E-state index contributed by atoms with van der Waals surface area (Å²) in [7, 11) is 0. The zero-order valence-corrected chi connectivity index (χ0v) is 28.4. The van der Waals surface area contributed by atoms with Crippen molar-refractivity contribution in [3.8, 4) is 10.4 Å². The van der Waals surface area contributed by atoms with Crippen LogP contribution in [0.3, 0.4) is 0 Å². The van der Waals surface area contributed by atoms with E-state index in [2.05, 4.69) is 20.9 Å². The van der Waals surface area contributed by atoms with Gasteiger partial charge in [-0.3, -0.25) is 19.2 Å². The number of aromatic nitrogens is 1. The number of aliphatic hydroxyl groups excluding tert-OH is 1. The Labute approximate surface area is 280 Å². The van der Waals surface area contributed by atoms with Crippen LogP contribution >= 0.6 is 11.3 Å². The van der Waals surface area contributed by atoms with Gasteiger partial charge in [0.15, 0.2) is 0 Å². The fourth-order valence-electron chi connectivity index (χ4n) is 5.60. The van der Waals surface area contributed by atoms with Gasteiger partial charge in [-0.2, -0.15) is 0 Å². The fourth-order valence-corrected chi connectivity index (χ4v) is 6.41. The molecule has 0 spiro atoms. The van der Waals surface area contributed by atoms with Gasteiger partial charge in [0.25, 0.3) is 5.91 Å². The summed E-state index contributed by atoms with van der Waals surface area (Å²) in [5, 5.41) is 19.1. The summed E-state index contributed by atoms with van der Waals surface area (Å²) in [5.74, 6) is -1.24. The molecule has 12 heteroatoms. The topological polar surface area (TPSA) is 167 Å². The number of aliphatic hydroxyl groups is 1. The number of nitrogens with two attached hydrogens (primary N) is 1. The van der Waals surface area contributed by atoms with E-state index >= 15 is 0 Å². The first-order chi connectivity index (χ1) is 22.3. The average Bonchev–Trinajstić information content (AvgIpc) is 3.65. The molecule has 1 aromatic heterocycles. The van der Waals surface area contributed by atoms with Crippen LogP contribution in [0.15, 0.2) is 54.0 Å². The molecule has 4 amide bonds. The molecule has 3 aromatic rings. The predicted octanol–water partition coefficient (Wildman–Crippen LogP) is 3.80. The molecule has 4 rings (SSSR count). The number of β-amino-alcohol motifs (C(OH)–C–C–N with tert-alkyl or cyclic N) is 1. The number of thiazole rings is 1. The maximum atomic E-state index is 13.8. The Hall–Kier alpha value is -4.29. The summed E-state index contributed by atoms with van der Waals surface area (Å²) in [6, 6.07) is 13.0. The quantitative estimate of drug-likeness (QED) is 0.137. The van der Waals surface area contributed by atoms with E-state index in [-0.39, 0.29) is 43.7 Å². The summed E-state index contributed by atoms with van der Waals surface area (Å²) in [4.78, 5) is 59.2. The molecule has 6 N–H and O–H groups in total. The molecule has 47 heavy (non-hydrogen) atoms. The van der Waals surface area contributed by atoms with Gasteiger partial charge < -0.3 is 31.7 Å². The number of nitrogens with zero attached hydrogens (tertiary/aromatic N) is 2. The van der Waals surface area contributed by atoms with Crippen molar-refractivity contribution < 1.29 is 24.3 Å². The number of anilines is 1. The Morgan fingerprint density at radius 2 is 1.77 bits per heavy atom. The van der Waals surface area contributed by atoms with Gasteiger partial charge in [-0.15, -0.1) is 11.3 Å².